The number of aliphatic hydroxyl groups is 1. The molecule has 1 aromatic carbocycles. The molecule has 0 bridgehead atoms. The third-order valence-corrected chi connectivity index (χ3v) is 2.97. The van der Waals surface area contributed by atoms with Gasteiger partial charge in [0.05, 0.1) is 16.8 Å². The highest BCUT2D eigenvalue weighted by Gasteiger charge is 2.33. The van der Waals surface area contributed by atoms with Crippen molar-refractivity contribution >= 4 is 17.3 Å². The molecule has 7 heteroatoms. The first-order valence-electron chi connectivity index (χ1n) is 5.70. The maximum Gasteiger partial charge on any atom is 0.417 e. The lowest BCUT2D eigenvalue weighted by molar-refractivity contribution is -0.137. The van der Waals surface area contributed by atoms with Crippen LogP contribution in [0.4, 0.5) is 18.9 Å². The van der Waals surface area contributed by atoms with E-state index in [1.807, 2.05) is 0 Å². The molecule has 1 aromatic heterocycles. The zero-order valence-corrected chi connectivity index (χ0v) is 10.9. The summed E-state index contributed by atoms with van der Waals surface area (Å²) < 4.78 is 43.0. The van der Waals surface area contributed by atoms with Crippen LogP contribution in [0.1, 0.15) is 17.4 Å². The zero-order valence-electron chi connectivity index (χ0n) is 10.1. The molecular weight excluding hydrogens is 295 g/mol. The fourth-order valence-corrected chi connectivity index (χ4v) is 1.87. The van der Waals surface area contributed by atoms with Gasteiger partial charge in [-0.1, -0.05) is 11.6 Å². The van der Waals surface area contributed by atoms with Gasteiger partial charge in [0.25, 0.3) is 0 Å². The van der Waals surface area contributed by atoms with Crippen LogP contribution in [0.25, 0.3) is 0 Å². The molecule has 20 heavy (non-hydrogen) atoms. The van der Waals surface area contributed by atoms with E-state index in [1.54, 1.807) is 12.1 Å². The van der Waals surface area contributed by atoms with E-state index in [0.29, 0.717) is 5.76 Å². The summed E-state index contributed by atoms with van der Waals surface area (Å²) in [5.74, 6) is 0.336. The van der Waals surface area contributed by atoms with Gasteiger partial charge in [0.1, 0.15) is 11.9 Å². The fourth-order valence-electron chi connectivity index (χ4n) is 1.65. The van der Waals surface area contributed by atoms with Crippen LogP contribution in [0.2, 0.25) is 5.02 Å². The van der Waals surface area contributed by atoms with Gasteiger partial charge in [-0.05, 0) is 30.3 Å². The Labute approximate surface area is 118 Å². The van der Waals surface area contributed by atoms with Gasteiger partial charge in [-0.3, -0.25) is 0 Å². The maximum atomic E-state index is 12.7. The second kappa shape index (κ2) is 5.76. The van der Waals surface area contributed by atoms with Crippen LogP contribution in [0.5, 0.6) is 0 Å². The third kappa shape index (κ3) is 3.46. The first kappa shape index (κ1) is 14.7. The molecule has 2 N–H and O–H groups in total. The van der Waals surface area contributed by atoms with Crippen molar-refractivity contribution < 1.29 is 22.7 Å². The minimum absolute atomic E-state index is 0.0203. The highest BCUT2D eigenvalue weighted by molar-refractivity contribution is 6.31. The van der Waals surface area contributed by atoms with Gasteiger partial charge in [0.15, 0.2) is 0 Å². The zero-order chi connectivity index (χ0) is 14.8. The average molecular weight is 306 g/mol. The average Bonchev–Trinajstić information content (AvgIpc) is 2.90. The lowest BCUT2D eigenvalue weighted by Crippen LogP contribution is -2.13. The maximum absolute atomic E-state index is 12.7. The first-order chi connectivity index (χ1) is 9.38. The molecule has 0 amide bonds. The molecule has 3 nitrogen and oxygen atoms in total. The van der Waals surface area contributed by atoms with Gasteiger partial charge in [-0.25, -0.2) is 0 Å². The van der Waals surface area contributed by atoms with Crippen molar-refractivity contribution in [2.75, 3.05) is 11.9 Å². The Morgan fingerprint density at radius 2 is 2.05 bits per heavy atom. The number of furan rings is 1. The van der Waals surface area contributed by atoms with E-state index in [2.05, 4.69) is 5.32 Å². The van der Waals surface area contributed by atoms with Gasteiger partial charge in [0.2, 0.25) is 0 Å². The highest BCUT2D eigenvalue weighted by atomic mass is 35.5. The van der Waals surface area contributed by atoms with Crippen LogP contribution >= 0.6 is 11.6 Å². The van der Waals surface area contributed by atoms with Crippen LogP contribution in [-0.2, 0) is 6.18 Å². The van der Waals surface area contributed by atoms with Gasteiger partial charge in [-0.2, -0.15) is 13.2 Å². The topological polar surface area (TPSA) is 45.4 Å². The van der Waals surface area contributed by atoms with Crippen molar-refractivity contribution in [3.05, 3.63) is 52.9 Å². The van der Waals surface area contributed by atoms with E-state index in [4.69, 9.17) is 16.0 Å². The Bertz CT molecular complexity index is 569. The summed E-state index contributed by atoms with van der Waals surface area (Å²) in [6.45, 7) is 0.0203. The predicted molar refractivity (Wildman–Crippen MR) is 68.6 cm³/mol. The molecule has 1 atom stereocenters. The van der Waals surface area contributed by atoms with Crippen molar-refractivity contribution in [3.63, 3.8) is 0 Å². The summed E-state index contributed by atoms with van der Waals surface area (Å²) >= 11 is 5.51. The van der Waals surface area contributed by atoms with Crippen molar-refractivity contribution in [2.45, 2.75) is 12.3 Å². The lowest BCUT2D eigenvalue weighted by Gasteiger charge is -2.14. The van der Waals surface area contributed by atoms with E-state index in [-0.39, 0.29) is 17.3 Å². The number of halogens is 4. The standard InChI is InChI=1S/C13H11ClF3NO2/c14-10-4-3-8(6-9(10)13(15,16)17)18-7-11(19)12-2-1-5-20-12/h1-6,11,18-19H,7H2. The minimum atomic E-state index is -4.52. The van der Waals surface area contributed by atoms with E-state index in [9.17, 15) is 18.3 Å². The molecule has 0 saturated heterocycles. The number of aliphatic hydroxyl groups excluding tert-OH is 1. The van der Waals surface area contributed by atoms with Crippen LogP contribution < -0.4 is 5.32 Å². The lowest BCUT2D eigenvalue weighted by atomic mass is 10.2. The number of hydrogen-bond acceptors (Lipinski definition) is 3. The summed E-state index contributed by atoms with van der Waals surface area (Å²) in [5, 5.41) is 12.1. The van der Waals surface area contributed by atoms with Crippen LogP contribution in [-0.4, -0.2) is 11.7 Å². The molecule has 0 saturated carbocycles. The monoisotopic (exact) mass is 305 g/mol. The Morgan fingerprint density at radius 1 is 1.30 bits per heavy atom. The molecule has 0 aliphatic rings. The Kier molecular flexibility index (Phi) is 4.25. The third-order valence-electron chi connectivity index (χ3n) is 2.64. The number of rotatable bonds is 4. The Balaban J connectivity index is 2.07. The van der Waals surface area contributed by atoms with Crippen molar-refractivity contribution in [1.29, 1.82) is 0 Å². The molecule has 2 rings (SSSR count). The number of anilines is 1. The van der Waals surface area contributed by atoms with Crippen molar-refractivity contribution in [1.82, 2.24) is 0 Å². The molecule has 1 heterocycles. The predicted octanol–water partition coefficient (Wildman–Crippen LogP) is 4.10. The molecular formula is C13H11ClF3NO2. The van der Waals surface area contributed by atoms with Crippen molar-refractivity contribution in [3.8, 4) is 0 Å². The first-order valence-corrected chi connectivity index (χ1v) is 6.08. The highest BCUT2D eigenvalue weighted by Crippen LogP contribution is 2.36. The summed E-state index contributed by atoms with van der Waals surface area (Å²) in [6.07, 6.45) is -4.06. The van der Waals surface area contributed by atoms with Gasteiger partial charge in [0, 0.05) is 12.2 Å². The number of nitrogens with one attached hydrogen (secondary N) is 1. The van der Waals surface area contributed by atoms with Crippen molar-refractivity contribution in [2.24, 2.45) is 0 Å². The van der Waals surface area contributed by atoms with E-state index >= 15 is 0 Å². The minimum Gasteiger partial charge on any atom is -0.467 e. The second-order valence-corrected chi connectivity index (χ2v) is 4.51. The summed E-state index contributed by atoms with van der Waals surface area (Å²) in [5.41, 5.74) is -0.705. The molecule has 0 fully saturated rings. The molecule has 0 spiro atoms. The van der Waals surface area contributed by atoms with Gasteiger partial charge < -0.3 is 14.8 Å². The molecule has 0 aliphatic carbocycles. The van der Waals surface area contributed by atoms with Crippen LogP contribution in [0.3, 0.4) is 0 Å². The molecule has 1 unspecified atom stereocenters. The molecule has 0 radical (unpaired) electrons. The van der Waals surface area contributed by atoms with Gasteiger partial charge in [-0.15, -0.1) is 0 Å². The molecule has 108 valence electrons. The fraction of sp³-hybridized carbons (Fsp3) is 0.231. The van der Waals surface area contributed by atoms with E-state index in [0.717, 1.165) is 12.1 Å². The largest absolute Gasteiger partial charge is 0.467 e. The second-order valence-electron chi connectivity index (χ2n) is 4.10. The van der Waals surface area contributed by atoms with E-state index < -0.39 is 17.8 Å². The number of hydrogen-bond donors (Lipinski definition) is 2. The summed E-state index contributed by atoms with van der Waals surface area (Å²) in [4.78, 5) is 0. The van der Waals surface area contributed by atoms with Gasteiger partial charge >= 0.3 is 6.18 Å². The number of alkyl halides is 3. The Hall–Kier alpha value is -1.66. The van der Waals surface area contributed by atoms with Crippen LogP contribution in [0.15, 0.2) is 41.0 Å². The summed E-state index contributed by atoms with van der Waals surface area (Å²) in [6, 6.07) is 6.66. The molecule has 0 aliphatic heterocycles. The SMILES string of the molecule is OC(CNc1ccc(Cl)c(C(F)(F)F)c1)c1ccco1. The quantitative estimate of drug-likeness (QED) is 0.894. The summed E-state index contributed by atoms with van der Waals surface area (Å²) in [7, 11) is 0. The van der Waals surface area contributed by atoms with Crippen LogP contribution in [0, 0.1) is 0 Å². The molecule has 2 aromatic rings. The Morgan fingerprint density at radius 3 is 2.65 bits per heavy atom. The smallest absolute Gasteiger partial charge is 0.417 e. The van der Waals surface area contributed by atoms with E-state index in [1.165, 1.54) is 12.3 Å². The normalized spacial score (nSPS) is 13.2. The number of benzene rings is 1.